The summed E-state index contributed by atoms with van der Waals surface area (Å²) < 4.78 is 5.19. The standard InChI is InChI=1S/C14H18N2O2S/c1-10-9-19-13(15-10)12-4-2-3-6-16(12)14(17)11-5-7-18-8-11/h8-9,12H,2-7H2,1H3/t12-/m1/s1. The van der Waals surface area contributed by atoms with Crippen LogP contribution in [0.4, 0.5) is 0 Å². The van der Waals surface area contributed by atoms with Gasteiger partial charge >= 0.3 is 0 Å². The SMILES string of the molecule is Cc1csc([C@H]2CCCCN2C(=O)C2=COCC2)n1. The minimum Gasteiger partial charge on any atom is -0.500 e. The molecule has 0 bridgehead atoms. The number of aromatic nitrogens is 1. The Morgan fingerprint density at radius 2 is 2.42 bits per heavy atom. The molecule has 1 fully saturated rings. The molecule has 19 heavy (non-hydrogen) atoms. The summed E-state index contributed by atoms with van der Waals surface area (Å²) in [6, 6.07) is 0.154. The highest BCUT2D eigenvalue weighted by molar-refractivity contribution is 7.09. The maximum absolute atomic E-state index is 12.5. The number of hydrogen-bond acceptors (Lipinski definition) is 4. The molecule has 102 valence electrons. The number of nitrogens with zero attached hydrogens (tertiary/aromatic N) is 2. The van der Waals surface area contributed by atoms with Crippen LogP contribution in [-0.2, 0) is 9.53 Å². The van der Waals surface area contributed by atoms with E-state index in [1.54, 1.807) is 17.6 Å². The first-order chi connectivity index (χ1) is 9.25. The van der Waals surface area contributed by atoms with Crippen LogP contribution in [0.2, 0.25) is 0 Å². The zero-order valence-electron chi connectivity index (χ0n) is 11.1. The molecule has 0 aliphatic carbocycles. The first-order valence-electron chi connectivity index (χ1n) is 6.79. The third-order valence-corrected chi connectivity index (χ3v) is 4.74. The number of hydrogen-bond donors (Lipinski definition) is 0. The molecule has 3 heterocycles. The van der Waals surface area contributed by atoms with Gasteiger partial charge in [-0.3, -0.25) is 4.79 Å². The molecule has 2 aliphatic heterocycles. The van der Waals surface area contributed by atoms with E-state index in [-0.39, 0.29) is 11.9 Å². The Hall–Kier alpha value is -1.36. The van der Waals surface area contributed by atoms with Crippen molar-refractivity contribution in [3.63, 3.8) is 0 Å². The predicted octanol–water partition coefficient (Wildman–Crippen LogP) is 2.81. The van der Waals surface area contributed by atoms with E-state index >= 15 is 0 Å². The average molecular weight is 278 g/mol. The van der Waals surface area contributed by atoms with Crippen molar-refractivity contribution < 1.29 is 9.53 Å². The van der Waals surface area contributed by atoms with Crippen molar-refractivity contribution in [2.75, 3.05) is 13.2 Å². The second-order valence-electron chi connectivity index (χ2n) is 5.10. The molecule has 0 aromatic carbocycles. The summed E-state index contributed by atoms with van der Waals surface area (Å²) in [6.45, 7) is 3.47. The maximum atomic E-state index is 12.5. The molecule has 0 N–H and O–H groups in total. The van der Waals surface area contributed by atoms with Crippen LogP contribution in [-0.4, -0.2) is 28.9 Å². The number of carbonyl (C=O) groups excluding carboxylic acids is 1. The van der Waals surface area contributed by atoms with Gasteiger partial charge in [0.15, 0.2) is 0 Å². The molecule has 0 radical (unpaired) electrons. The van der Waals surface area contributed by atoms with Gasteiger partial charge < -0.3 is 9.64 Å². The largest absolute Gasteiger partial charge is 0.500 e. The molecule has 1 saturated heterocycles. The zero-order valence-corrected chi connectivity index (χ0v) is 11.9. The summed E-state index contributed by atoms with van der Waals surface area (Å²) in [6.07, 6.45) is 5.64. The highest BCUT2D eigenvalue weighted by Gasteiger charge is 2.32. The molecule has 4 nitrogen and oxygen atoms in total. The van der Waals surface area contributed by atoms with Gasteiger partial charge in [-0.25, -0.2) is 4.98 Å². The Kier molecular flexibility index (Phi) is 3.55. The monoisotopic (exact) mass is 278 g/mol. The van der Waals surface area contributed by atoms with E-state index in [2.05, 4.69) is 10.4 Å². The lowest BCUT2D eigenvalue weighted by Crippen LogP contribution is -2.39. The van der Waals surface area contributed by atoms with Crippen LogP contribution in [0.3, 0.4) is 0 Å². The van der Waals surface area contributed by atoms with Gasteiger partial charge in [0.1, 0.15) is 5.01 Å². The van der Waals surface area contributed by atoms with Gasteiger partial charge in [0.05, 0.1) is 24.5 Å². The van der Waals surface area contributed by atoms with E-state index in [1.165, 1.54) is 6.42 Å². The summed E-state index contributed by atoms with van der Waals surface area (Å²) in [5, 5.41) is 3.13. The molecule has 2 aliphatic rings. The Morgan fingerprint density at radius 1 is 1.53 bits per heavy atom. The van der Waals surface area contributed by atoms with Crippen LogP contribution in [0, 0.1) is 6.92 Å². The number of amides is 1. The Labute approximate surface area is 117 Å². The van der Waals surface area contributed by atoms with E-state index < -0.39 is 0 Å². The lowest BCUT2D eigenvalue weighted by Gasteiger charge is -2.34. The summed E-state index contributed by atoms with van der Waals surface area (Å²) in [4.78, 5) is 19.1. The molecule has 3 rings (SSSR count). The van der Waals surface area contributed by atoms with Crippen molar-refractivity contribution in [2.45, 2.75) is 38.6 Å². The zero-order chi connectivity index (χ0) is 13.2. The number of thiazole rings is 1. The number of carbonyl (C=O) groups is 1. The van der Waals surface area contributed by atoms with Gasteiger partial charge in [-0.15, -0.1) is 11.3 Å². The van der Waals surface area contributed by atoms with Crippen LogP contribution in [0.25, 0.3) is 0 Å². The lowest BCUT2D eigenvalue weighted by atomic mass is 10.0. The van der Waals surface area contributed by atoms with Crippen molar-refractivity contribution in [1.82, 2.24) is 9.88 Å². The summed E-state index contributed by atoms with van der Waals surface area (Å²) >= 11 is 1.66. The fraction of sp³-hybridized carbons (Fsp3) is 0.571. The fourth-order valence-corrected chi connectivity index (χ4v) is 3.63. The molecule has 1 aromatic rings. The van der Waals surface area contributed by atoms with E-state index in [1.807, 2.05) is 11.8 Å². The van der Waals surface area contributed by atoms with Crippen molar-refractivity contribution in [3.8, 4) is 0 Å². The molecule has 1 aromatic heterocycles. The molecule has 0 spiro atoms. The average Bonchev–Trinajstić information content (AvgIpc) is 3.09. The Balaban J connectivity index is 1.82. The van der Waals surface area contributed by atoms with Gasteiger partial charge in [-0.05, 0) is 26.2 Å². The minimum absolute atomic E-state index is 0.134. The van der Waals surface area contributed by atoms with Gasteiger partial charge in [0.25, 0.3) is 5.91 Å². The second kappa shape index (κ2) is 5.33. The van der Waals surface area contributed by atoms with Gasteiger partial charge in [0, 0.05) is 24.0 Å². The highest BCUT2D eigenvalue weighted by Crippen LogP contribution is 2.34. The first kappa shape index (κ1) is 12.7. The van der Waals surface area contributed by atoms with Crippen LogP contribution < -0.4 is 0 Å². The number of aryl methyl sites for hydroxylation is 1. The number of ether oxygens (including phenoxy) is 1. The molecule has 0 saturated carbocycles. The summed E-state index contributed by atoms with van der Waals surface area (Å²) in [5.41, 5.74) is 1.85. The number of piperidine rings is 1. The van der Waals surface area contributed by atoms with Crippen molar-refractivity contribution >= 4 is 17.2 Å². The topological polar surface area (TPSA) is 42.4 Å². The highest BCUT2D eigenvalue weighted by atomic mass is 32.1. The van der Waals surface area contributed by atoms with Gasteiger partial charge in [-0.1, -0.05) is 0 Å². The summed E-state index contributed by atoms with van der Waals surface area (Å²) in [5.74, 6) is 0.134. The van der Waals surface area contributed by atoms with E-state index in [0.29, 0.717) is 6.61 Å². The quantitative estimate of drug-likeness (QED) is 0.835. The Bertz CT molecular complexity index is 509. The molecule has 1 amide bonds. The maximum Gasteiger partial charge on any atom is 0.253 e. The van der Waals surface area contributed by atoms with E-state index in [9.17, 15) is 4.79 Å². The normalized spacial score (nSPS) is 23.1. The van der Waals surface area contributed by atoms with Crippen LogP contribution >= 0.6 is 11.3 Å². The van der Waals surface area contributed by atoms with E-state index in [4.69, 9.17) is 4.74 Å². The van der Waals surface area contributed by atoms with E-state index in [0.717, 1.165) is 42.1 Å². The van der Waals surface area contributed by atoms with Gasteiger partial charge in [-0.2, -0.15) is 0 Å². The van der Waals surface area contributed by atoms with Crippen molar-refractivity contribution in [2.24, 2.45) is 0 Å². The number of rotatable bonds is 2. The fourth-order valence-electron chi connectivity index (χ4n) is 2.69. The number of likely N-dealkylation sites (tertiary alicyclic amines) is 1. The molecular formula is C14H18N2O2S. The summed E-state index contributed by atoms with van der Waals surface area (Å²) in [7, 11) is 0. The lowest BCUT2D eigenvalue weighted by molar-refractivity contribution is -0.131. The minimum atomic E-state index is 0.134. The second-order valence-corrected chi connectivity index (χ2v) is 5.99. The molecular weight excluding hydrogens is 260 g/mol. The smallest absolute Gasteiger partial charge is 0.253 e. The molecule has 1 atom stereocenters. The third kappa shape index (κ3) is 2.52. The predicted molar refractivity (Wildman–Crippen MR) is 73.8 cm³/mol. The van der Waals surface area contributed by atoms with Gasteiger partial charge in [0.2, 0.25) is 0 Å². The van der Waals surface area contributed by atoms with Crippen LogP contribution in [0.1, 0.15) is 42.4 Å². The molecule has 5 heteroatoms. The Morgan fingerprint density at radius 3 is 3.11 bits per heavy atom. The first-order valence-corrected chi connectivity index (χ1v) is 7.67. The molecule has 0 unspecified atom stereocenters. The van der Waals surface area contributed by atoms with Crippen molar-refractivity contribution in [1.29, 1.82) is 0 Å². The van der Waals surface area contributed by atoms with Crippen LogP contribution in [0.15, 0.2) is 17.2 Å². The van der Waals surface area contributed by atoms with Crippen LogP contribution in [0.5, 0.6) is 0 Å². The van der Waals surface area contributed by atoms with Crippen molar-refractivity contribution in [3.05, 3.63) is 27.9 Å². The third-order valence-electron chi connectivity index (χ3n) is 3.68.